The Balaban J connectivity index is 1.40. The van der Waals surface area contributed by atoms with Crippen molar-refractivity contribution in [1.29, 1.82) is 0 Å². The molecule has 1 aliphatic rings. The van der Waals surface area contributed by atoms with Crippen LogP contribution in [0.25, 0.3) is 11.5 Å². The summed E-state index contributed by atoms with van der Waals surface area (Å²) in [5, 5.41) is 20.0. The van der Waals surface area contributed by atoms with E-state index < -0.39 is 4.92 Å². The van der Waals surface area contributed by atoms with Gasteiger partial charge in [0.15, 0.2) is 0 Å². The highest BCUT2D eigenvalue weighted by molar-refractivity contribution is 9.10. The van der Waals surface area contributed by atoms with Gasteiger partial charge in [-0.15, -0.1) is 10.2 Å². The first-order valence-electron chi connectivity index (χ1n) is 9.00. The van der Waals surface area contributed by atoms with E-state index in [1.54, 1.807) is 12.1 Å². The summed E-state index contributed by atoms with van der Waals surface area (Å²) in [6.45, 7) is 3.31. The highest BCUT2D eigenvalue weighted by atomic mass is 79.9. The van der Waals surface area contributed by atoms with Crippen molar-refractivity contribution in [2.45, 2.75) is 6.54 Å². The monoisotopic (exact) mass is 477 g/mol. The lowest BCUT2D eigenvalue weighted by Gasteiger charge is -2.35. The topological polar surface area (TPSA) is 88.5 Å². The highest BCUT2D eigenvalue weighted by Gasteiger charge is 2.25. The quantitative estimate of drug-likeness (QED) is 0.397. The van der Waals surface area contributed by atoms with E-state index in [2.05, 4.69) is 31.0 Å². The van der Waals surface area contributed by atoms with Crippen molar-refractivity contribution in [3.63, 3.8) is 0 Å². The average molecular weight is 479 g/mol. The molecule has 1 saturated heterocycles. The Bertz CT molecular complexity index is 1040. The molecule has 3 aromatic rings. The van der Waals surface area contributed by atoms with E-state index in [0.717, 1.165) is 23.1 Å². The number of anilines is 1. The number of nitro groups is 1. The van der Waals surface area contributed by atoms with E-state index >= 15 is 0 Å². The van der Waals surface area contributed by atoms with E-state index in [1.807, 2.05) is 29.2 Å². The zero-order valence-electron chi connectivity index (χ0n) is 15.3. The Morgan fingerprint density at radius 2 is 1.90 bits per heavy atom. The second kappa shape index (κ2) is 8.48. The summed E-state index contributed by atoms with van der Waals surface area (Å²) in [5.41, 5.74) is 1.47. The van der Waals surface area contributed by atoms with Crippen LogP contribution in [0.4, 0.5) is 11.4 Å². The number of nitro benzene ring substituents is 1. The minimum absolute atomic E-state index is 0.0286. The van der Waals surface area contributed by atoms with Crippen LogP contribution < -0.4 is 4.90 Å². The molecule has 0 amide bonds. The van der Waals surface area contributed by atoms with Crippen LogP contribution >= 0.6 is 27.5 Å². The lowest BCUT2D eigenvalue weighted by atomic mass is 10.2. The molecule has 0 radical (unpaired) electrons. The third kappa shape index (κ3) is 4.42. The Morgan fingerprint density at radius 1 is 1.14 bits per heavy atom. The zero-order chi connectivity index (χ0) is 20.4. The Hall–Kier alpha value is -2.49. The van der Waals surface area contributed by atoms with Gasteiger partial charge in [0.1, 0.15) is 5.69 Å². The van der Waals surface area contributed by atoms with E-state index in [4.69, 9.17) is 16.0 Å². The van der Waals surface area contributed by atoms with Crippen LogP contribution in [0.5, 0.6) is 0 Å². The molecule has 0 N–H and O–H groups in total. The van der Waals surface area contributed by atoms with E-state index in [9.17, 15) is 10.1 Å². The molecule has 1 fully saturated rings. The first kappa shape index (κ1) is 19.8. The molecule has 0 atom stereocenters. The molecular formula is C19H17BrClN5O3. The van der Waals surface area contributed by atoms with Crippen molar-refractivity contribution in [2.24, 2.45) is 0 Å². The summed E-state index contributed by atoms with van der Waals surface area (Å²) in [6, 6.07) is 12.5. The fraction of sp³-hybridized carbons (Fsp3) is 0.263. The van der Waals surface area contributed by atoms with Gasteiger partial charge >= 0.3 is 0 Å². The number of aromatic nitrogens is 2. The van der Waals surface area contributed by atoms with E-state index in [0.29, 0.717) is 42.1 Å². The lowest BCUT2D eigenvalue weighted by molar-refractivity contribution is -0.384. The molecular weight excluding hydrogens is 462 g/mol. The predicted molar refractivity (Wildman–Crippen MR) is 113 cm³/mol. The maximum atomic E-state index is 11.3. The van der Waals surface area contributed by atoms with Gasteiger partial charge < -0.3 is 9.32 Å². The molecule has 0 spiro atoms. The van der Waals surface area contributed by atoms with E-state index in [-0.39, 0.29) is 5.69 Å². The first-order chi connectivity index (χ1) is 14.0. The first-order valence-corrected chi connectivity index (χ1v) is 10.2. The number of rotatable bonds is 5. The predicted octanol–water partition coefficient (Wildman–Crippen LogP) is 4.38. The Labute approximate surface area is 180 Å². The van der Waals surface area contributed by atoms with Crippen LogP contribution in [-0.4, -0.2) is 46.2 Å². The van der Waals surface area contributed by atoms with Crippen molar-refractivity contribution in [3.8, 4) is 11.5 Å². The van der Waals surface area contributed by atoms with Gasteiger partial charge in [-0.25, -0.2) is 0 Å². The van der Waals surface area contributed by atoms with Crippen LogP contribution in [0, 0.1) is 10.1 Å². The van der Waals surface area contributed by atoms with Gasteiger partial charge in [-0.3, -0.25) is 15.0 Å². The summed E-state index contributed by atoms with van der Waals surface area (Å²) in [5.74, 6) is 1.02. The number of hydrogen-bond donors (Lipinski definition) is 0. The molecule has 2 heterocycles. The van der Waals surface area contributed by atoms with E-state index in [1.165, 1.54) is 6.07 Å². The van der Waals surface area contributed by atoms with Crippen molar-refractivity contribution in [1.82, 2.24) is 15.1 Å². The maximum Gasteiger partial charge on any atom is 0.294 e. The average Bonchev–Trinajstić information content (AvgIpc) is 3.17. The highest BCUT2D eigenvalue weighted by Crippen LogP contribution is 2.32. The van der Waals surface area contributed by atoms with Gasteiger partial charge in [0.2, 0.25) is 11.8 Å². The molecule has 4 rings (SSSR count). The fourth-order valence-corrected chi connectivity index (χ4v) is 3.93. The molecule has 8 nitrogen and oxygen atoms in total. The second-order valence-corrected chi connectivity index (χ2v) is 7.92. The van der Waals surface area contributed by atoms with Gasteiger partial charge in [0.05, 0.1) is 17.0 Å². The number of benzene rings is 2. The normalized spacial score (nSPS) is 14.9. The molecule has 0 saturated carbocycles. The summed E-state index contributed by atoms with van der Waals surface area (Å²) in [4.78, 5) is 15.1. The standard InChI is InChI=1S/C19H17BrClN5O3/c20-15-4-2-1-3-14(15)19-23-22-18(29-19)12-24-7-9-25(10-8-24)16-6-5-13(21)11-17(16)26(27)28/h1-6,11H,7-10,12H2. The number of piperazine rings is 1. The van der Waals surface area contributed by atoms with Crippen molar-refractivity contribution in [3.05, 3.63) is 68.0 Å². The molecule has 29 heavy (non-hydrogen) atoms. The smallest absolute Gasteiger partial charge is 0.294 e. The lowest BCUT2D eigenvalue weighted by Crippen LogP contribution is -2.46. The largest absolute Gasteiger partial charge is 0.419 e. The van der Waals surface area contributed by atoms with Gasteiger partial charge in [0.25, 0.3) is 5.69 Å². The molecule has 2 aromatic carbocycles. The van der Waals surface area contributed by atoms with Crippen LogP contribution in [0.3, 0.4) is 0 Å². The number of halogens is 2. The summed E-state index contributed by atoms with van der Waals surface area (Å²) >= 11 is 9.40. The third-order valence-electron chi connectivity index (χ3n) is 4.78. The minimum atomic E-state index is -0.394. The Morgan fingerprint density at radius 3 is 2.62 bits per heavy atom. The second-order valence-electron chi connectivity index (χ2n) is 6.63. The Kier molecular flexibility index (Phi) is 5.79. The molecule has 0 aliphatic carbocycles. The molecule has 150 valence electrons. The van der Waals surface area contributed by atoms with Gasteiger partial charge in [-0.05, 0) is 40.2 Å². The van der Waals surface area contributed by atoms with Crippen molar-refractivity contribution >= 4 is 38.9 Å². The van der Waals surface area contributed by atoms with Crippen LogP contribution in [-0.2, 0) is 6.54 Å². The fourth-order valence-electron chi connectivity index (χ4n) is 3.31. The van der Waals surface area contributed by atoms with Crippen LogP contribution in [0.1, 0.15) is 5.89 Å². The molecule has 1 aliphatic heterocycles. The van der Waals surface area contributed by atoms with Gasteiger partial charge in [-0.2, -0.15) is 0 Å². The number of nitrogens with zero attached hydrogens (tertiary/aromatic N) is 5. The molecule has 1 aromatic heterocycles. The third-order valence-corrected chi connectivity index (χ3v) is 5.70. The van der Waals surface area contributed by atoms with Gasteiger partial charge in [0, 0.05) is 41.7 Å². The SMILES string of the molecule is O=[N+]([O-])c1cc(Cl)ccc1N1CCN(Cc2nnc(-c3ccccc3Br)o2)CC1. The zero-order valence-corrected chi connectivity index (χ0v) is 17.6. The summed E-state index contributed by atoms with van der Waals surface area (Å²) in [6.07, 6.45) is 0. The molecule has 0 unspecified atom stereocenters. The molecule has 10 heteroatoms. The molecule has 0 bridgehead atoms. The minimum Gasteiger partial charge on any atom is -0.419 e. The summed E-state index contributed by atoms with van der Waals surface area (Å²) < 4.78 is 6.71. The van der Waals surface area contributed by atoms with Crippen molar-refractivity contribution < 1.29 is 9.34 Å². The van der Waals surface area contributed by atoms with Crippen molar-refractivity contribution in [2.75, 3.05) is 31.1 Å². The van der Waals surface area contributed by atoms with Crippen LogP contribution in [0.15, 0.2) is 51.4 Å². The summed E-state index contributed by atoms with van der Waals surface area (Å²) in [7, 11) is 0. The number of hydrogen-bond acceptors (Lipinski definition) is 7. The van der Waals surface area contributed by atoms with Gasteiger partial charge in [-0.1, -0.05) is 23.7 Å². The maximum absolute atomic E-state index is 11.3. The van der Waals surface area contributed by atoms with Crippen LogP contribution in [0.2, 0.25) is 5.02 Å².